The highest BCUT2D eigenvalue weighted by Crippen LogP contribution is 2.40. The summed E-state index contributed by atoms with van der Waals surface area (Å²) in [5.41, 5.74) is 0.394. The number of alkyl halides is 6. The van der Waals surface area contributed by atoms with Gasteiger partial charge in [-0.1, -0.05) is 53.0 Å². The Balaban J connectivity index is 1.78. The summed E-state index contributed by atoms with van der Waals surface area (Å²) in [5.74, 6) is 0. The molecule has 2 atom stereocenters. The van der Waals surface area contributed by atoms with E-state index in [1.807, 2.05) is 0 Å². The minimum absolute atomic E-state index is 0.0482. The molecule has 0 radical (unpaired) electrons. The zero-order valence-corrected chi connectivity index (χ0v) is 22.3. The first-order valence-corrected chi connectivity index (χ1v) is 13.5. The quantitative estimate of drug-likeness (QED) is 0.273. The second-order valence-electron chi connectivity index (χ2n) is 8.47. The van der Waals surface area contributed by atoms with E-state index in [1.165, 1.54) is 18.2 Å². The Kier molecular flexibility index (Phi) is 8.17. The van der Waals surface area contributed by atoms with E-state index in [9.17, 15) is 34.8 Å². The van der Waals surface area contributed by atoms with Crippen molar-refractivity contribution in [3.63, 3.8) is 0 Å². The fourth-order valence-electron chi connectivity index (χ4n) is 3.95. The summed E-state index contributed by atoms with van der Waals surface area (Å²) < 4.78 is 110. The summed E-state index contributed by atoms with van der Waals surface area (Å²) in [6.45, 7) is 0. The van der Waals surface area contributed by atoms with Gasteiger partial charge < -0.3 is 5.43 Å². The maximum atomic E-state index is 13.7. The molecule has 0 fully saturated rings. The lowest BCUT2D eigenvalue weighted by molar-refractivity contribution is -0.143. The van der Waals surface area contributed by atoms with E-state index in [-0.39, 0.29) is 45.9 Å². The molecule has 3 aromatic carbocycles. The van der Waals surface area contributed by atoms with Gasteiger partial charge in [-0.15, -0.1) is 0 Å². The highest BCUT2D eigenvalue weighted by atomic mass is 35.5. The van der Waals surface area contributed by atoms with Gasteiger partial charge in [0.2, 0.25) is 10.0 Å². The minimum atomic E-state index is -5.27. The number of hydrazone groups is 1. The van der Waals surface area contributed by atoms with Crippen LogP contribution in [0.15, 0.2) is 70.7 Å². The highest BCUT2D eigenvalue weighted by Gasteiger charge is 2.42. The predicted molar refractivity (Wildman–Crippen MR) is 135 cm³/mol. The number of nitrogens with zero attached hydrogens (tertiary/aromatic N) is 1. The van der Waals surface area contributed by atoms with E-state index < -0.39 is 50.5 Å². The van der Waals surface area contributed by atoms with E-state index in [0.29, 0.717) is 5.02 Å². The molecule has 1 heterocycles. The average Bonchev–Trinajstić information content (AvgIpc) is 3.32. The number of nitrogens with one attached hydrogen (secondary N) is 2. The molecule has 1 aliphatic rings. The lowest BCUT2D eigenvalue weighted by atomic mass is 9.96. The summed E-state index contributed by atoms with van der Waals surface area (Å²) in [4.78, 5) is -1.60. The number of halogens is 9. The maximum Gasteiger partial charge on any atom is 0.417 e. The van der Waals surface area contributed by atoms with E-state index in [0.717, 1.165) is 5.56 Å². The molecule has 2 N–H and O–H groups in total. The molecule has 39 heavy (non-hydrogen) atoms. The summed E-state index contributed by atoms with van der Waals surface area (Å²) in [6, 6.07) is 8.90. The number of benzene rings is 3. The Hall–Kier alpha value is -2.51. The smallest absolute Gasteiger partial charge is 0.302 e. The minimum Gasteiger partial charge on any atom is -0.302 e. The van der Waals surface area contributed by atoms with Crippen LogP contribution >= 0.6 is 34.8 Å². The summed E-state index contributed by atoms with van der Waals surface area (Å²) in [7, 11) is -5.24. The first kappa shape index (κ1) is 29.5. The second-order valence-corrected chi connectivity index (χ2v) is 11.4. The molecule has 208 valence electrons. The fraction of sp³-hybridized carbons (Fsp3) is 0.208. The van der Waals surface area contributed by atoms with Crippen LogP contribution in [-0.4, -0.2) is 14.1 Å². The zero-order chi connectivity index (χ0) is 28.8. The van der Waals surface area contributed by atoms with Crippen molar-refractivity contribution in [2.75, 3.05) is 0 Å². The van der Waals surface area contributed by atoms with Crippen LogP contribution in [0.25, 0.3) is 0 Å². The summed E-state index contributed by atoms with van der Waals surface area (Å²) in [5, 5.41) is 4.79. The van der Waals surface area contributed by atoms with Crippen LogP contribution in [0, 0.1) is 0 Å². The van der Waals surface area contributed by atoms with Crippen molar-refractivity contribution in [3.05, 3.63) is 98.0 Å². The molecule has 0 aliphatic carbocycles. The topological polar surface area (TPSA) is 70.6 Å². The Morgan fingerprint density at radius 3 is 2.10 bits per heavy atom. The lowest BCUT2D eigenvalue weighted by Crippen LogP contribution is -2.35. The van der Waals surface area contributed by atoms with Crippen molar-refractivity contribution in [3.8, 4) is 0 Å². The van der Waals surface area contributed by atoms with Crippen LogP contribution in [0.2, 0.25) is 15.1 Å². The molecule has 2 unspecified atom stereocenters. The van der Waals surface area contributed by atoms with Gasteiger partial charge in [-0.2, -0.15) is 36.2 Å². The molecule has 1 aliphatic heterocycles. The Morgan fingerprint density at radius 2 is 1.51 bits per heavy atom. The van der Waals surface area contributed by atoms with Gasteiger partial charge in [-0.25, -0.2) is 8.42 Å². The largest absolute Gasteiger partial charge is 0.417 e. The van der Waals surface area contributed by atoms with Crippen molar-refractivity contribution in [1.29, 1.82) is 0 Å². The van der Waals surface area contributed by atoms with Crippen LogP contribution in [0.1, 0.15) is 40.8 Å². The van der Waals surface area contributed by atoms with Gasteiger partial charge in [-0.3, -0.25) is 0 Å². The number of hydrogen-bond acceptors (Lipinski definition) is 4. The standard InChI is InChI=1S/C24H16Cl3F6N3O2S/c25-14-4-1-12(2-5-14)19-11-20(35-34-19)22(16-7-6-15(26)10-18(16)27)36-39(37,38)21-9-13(23(28,29)30)3-8-17(21)24(31,32)33/h1-10,19,22,34,36H,11H2. The molecule has 0 amide bonds. The van der Waals surface area contributed by atoms with Crippen molar-refractivity contribution >= 4 is 50.5 Å². The summed E-state index contributed by atoms with van der Waals surface area (Å²) >= 11 is 18.2. The predicted octanol–water partition coefficient (Wildman–Crippen LogP) is 7.79. The van der Waals surface area contributed by atoms with Crippen LogP contribution < -0.4 is 10.1 Å². The first-order chi connectivity index (χ1) is 18.1. The van der Waals surface area contributed by atoms with E-state index in [2.05, 4.69) is 15.2 Å². The fourth-order valence-corrected chi connectivity index (χ4v) is 6.05. The normalized spacial score (nSPS) is 17.1. The number of hydrogen-bond donors (Lipinski definition) is 2. The summed E-state index contributed by atoms with van der Waals surface area (Å²) in [6.07, 6.45) is -10.3. The Morgan fingerprint density at radius 1 is 0.872 bits per heavy atom. The second kappa shape index (κ2) is 10.8. The van der Waals surface area contributed by atoms with Crippen LogP contribution in [0.5, 0.6) is 0 Å². The average molecular weight is 631 g/mol. The lowest BCUT2D eigenvalue weighted by Gasteiger charge is -2.23. The third-order valence-electron chi connectivity index (χ3n) is 5.83. The van der Waals surface area contributed by atoms with Gasteiger partial charge in [0.05, 0.1) is 33.8 Å². The van der Waals surface area contributed by atoms with Crippen molar-refractivity contribution < 1.29 is 34.8 Å². The molecule has 0 bridgehead atoms. The molecule has 0 saturated heterocycles. The molecule has 4 rings (SSSR count). The van der Waals surface area contributed by atoms with Crippen molar-refractivity contribution in [2.24, 2.45) is 5.10 Å². The Bertz CT molecular complexity index is 1530. The molecule has 0 saturated carbocycles. The molecule has 0 aromatic heterocycles. The maximum absolute atomic E-state index is 13.7. The first-order valence-electron chi connectivity index (χ1n) is 10.9. The Labute approximate surface area is 233 Å². The number of sulfonamides is 1. The molecular weight excluding hydrogens is 615 g/mol. The van der Waals surface area contributed by atoms with Crippen molar-refractivity contribution in [2.45, 2.75) is 35.8 Å². The molecule has 0 spiro atoms. The van der Waals surface area contributed by atoms with Crippen LogP contribution in [0.4, 0.5) is 26.3 Å². The SMILES string of the molecule is O=S(=O)(NC(C1=NNC(c2ccc(Cl)cc2)C1)c1ccc(Cl)cc1Cl)c1cc(C(F)(F)F)ccc1C(F)(F)F. The van der Waals surface area contributed by atoms with E-state index in [4.69, 9.17) is 34.8 Å². The van der Waals surface area contributed by atoms with E-state index in [1.54, 1.807) is 24.3 Å². The molecule has 15 heteroatoms. The van der Waals surface area contributed by atoms with Gasteiger partial charge in [0.25, 0.3) is 0 Å². The number of rotatable bonds is 6. The highest BCUT2D eigenvalue weighted by molar-refractivity contribution is 7.89. The monoisotopic (exact) mass is 629 g/mol. The van der Waals surface area contributed by atoms with Gasteiger partial charge >= 0.3 is 12.4 Å². The molecule has 5 nitrogen and oxygen atoms in total. The van der Waals surface area contributed by atoms with Gasteiger partial charge in [-0.05, 0) is 53.6 Å². The van der Waals surface area contributed by atoms with Gasteiger partial charge in [0.15, 0.2) is 0 Å². The van der Waals surface area contributed by atoms with E-state index >= 15 is 0 Å². The third kappa shape index (κ3) is 6.63. The van der Waals surface area contributed by atoms with Gasteiger partial charge in [0, 0.05) is 21.5 Å². The zero-order valence-electron chi connectivity index (χ0n) is 19.2. The van der Waals surface area contributed by atoms with Crippen molar-refractivity contribution in [1.82, 2.24) is 10.1 Å². The molecule has 3 aromatic rings. The molecular formula is C24H16Cl3F6N3O2S. The van der Waals surface area contributed by atoms with Crippen LogP contribution in [0.3, 0.4) is 0 Å². The van der Waals surface area contributed by atoms with Gasteiger partial charge in [0.1, 0.15) is 0 Å². The van der Waals surface area contributed by atoms with Crippen LogP contribution in [-0.2, 0) is 22.4 Å². The third-order valence-corrected chi connectivity index (χ3v) is 8.11.